The number of carbonyl (C=O) groups excluding carboxylic acids is 1. The van der Waals surface area contributed by atoms with E-state index in [1.165, 1.54) is 26.2 Å². The minimum atomic E-state index is -3.72. The van der Waals surface area contributed by atoms with Crippen LogP contribution in [0.25, 0.3) is 0 Å². The molecule has 0 radical (unpaired) electrons. The summed E-state index contributed by atoms with van der Waals surface area (Å²) < 4.78 is 26.6. The SMILES string of the molecule is CNC(=O)C(C)CN(C)S(=O)(=O)c1ccc(Br)cc1Cl. The average molecular weight is 384 g/mol. The first kappa shape index (κ1) is 17.4. The van der Waals surface area contributed by atoms with Crippen LogP contribution in [0, 0.1) is 5.92 Å². The average Bonchev–Trinajstić information content (AvgIpc) is 2.36. The third-order valence-corrected chi connectivity index (χ3v) is 5.61. The van der Waals surface area contributed by atoms with Gasteiger partial charge in [0, 0.05) is 31.0 Å². The maximum atomic E-state index is 12.4. The molecular weight excluding hydrogens is 368 g/mol. The molecule has 1 atom stereocenters. The summed E-state index contributed by atoms with van der Waals surface area (Å²) in [6.07, 6.45) is 0. The van der Waals surface area contributed by atoms with Gasteiger partial charge in [-0.2, -0.15) is 0 Å². The largest absolute Gasteiger partial charge is 0.359 e. The number of amides is 1. The summed E-state index contributed by atoms with van der Waals surface area (Å²) in [6.45, 7) is 1.74. The number of hydrogen-bond acceptors (Lipinski definition) is 3. The molecule has 0 aromatic heterocycles. The van der Waals surface area contributed by atoms with E-state index in [4.69, 9.17) is 11.6 Å². The summed E-state index contributed by atoms with van der Waals surface area (Å²) in [4.78, 5) is 11.5. The van der Waals surface area contributed by atoms with Crippen molar-refractivity contribution in [1.29, 1.82) is 0 Å². The van der Waals surface area contributed by atoms with Crippen LogP contribution in [0.2, 0.25) is 5.02 Å². The molecule has 0 saturated heterocycles. The second-order valence-electron chi connectivity index (χ2n) is 4.38. The molecule has 0 saturated carbocycles. The number of benzene rings is 1. The van der Waals surface area contributed by atoms with Gasteiger partial charge in [0.2, 0.25) is 15.9 Å². The molecule has 5 nitrogen and oxygen atoms in total. The smallest absolute Gasteiger partial charge is 0.244 e. The van der Waals surface area contributed by atoms with E-state index >= 15 is 0 Å². The van der Waals surface area contributed by atoms with Crippen LogP contribution in [0.4, 0.5) is 0 Å². The summed E-state index contributed by atoms with van der Waals surface area (Å²) in [5, 5.41) is 2.63. The lowest BCUT2D eigenvalue weighted by atomic mass is 10.2. The van der Waals surface area contributed by atoms with Crippen molar-refractivity contribution in [3.05, 3.63) is 27.7 Å². The molecular formula is C12H16BrClN2O3S. The molecule has 1 amide bonds. The second kappa shape index (κ2) is 6.89. The lowest BCUT2D eigenvalue weighted by molar-refractivity contribution is -0.124. The normalized spacial score (nSPS) is 13.3. The third kappa shape index (κ3) is 3.94. The van der Waals surface area contributed by atoms with E-state index in [-0.39, 0.29) is 22.4 Å². The van der Waals surface area contributed by atoms with Gasteiger partial charge in [0.1, 0.15) is 4.90 Å². The maximum Gasteiger partial charge on any atom is 0.244 e. The zero-order valence-corrected chi connectivity index (χ0v) is 14.5. The van der Waals surface area contributed by atoms with Gasteiger partial charge in [0.25, 0.3) is 0 Å². The van der Waals surface area contributed by atoms with Gasteiger partial charge in [0.15, 0.2) is 0 Å². The van der Waals surface area contributed by atoms with E-state index < -0.39 is 15.9 Å². The first-order valence-corrected chi connectivity index (χ1v) is 8.44. The minimum Gasteiger partial charge on any atom is -0.359 e. The lowest BCUT2D eigenvalue weighted by Gasteiger charge is -2.21. The van der Waals surface area contributed by atoms with Crippen molar-refractivity contribution in [3.8, 4) is 0 Å². The molecule has 0 aliphatic rings. The molecule has 1 aromatic rings. The first-order valence-electron chi connectivity index (χ1n) is 5.83. The van der Waals surface area contributed by atoms with Gasteiger partial charge < -0.3 is 5.32 Å². The summed E-state index contributed by atoms with van der Waals surface area (Å²) in [5.74, 6) is -0.664. The summed E-state index contributed by atoms with van der Waals surface area (Å²) >= 11 is 9.19. The Kier molecular flexibility index (Phi) is 6.00. The topological polar surface area (TPSA) is 66.5 Å². The van der Waals surface area contributed by atoms with Crippen molar-refractivity contribution in [3.63, 3.8) is 0 Å². The predicted molar refractivity (Wildman–Crippen MR) is 82.2 cm³/mol. The van der Waals surface area contributed by atoms with Crippen LogP contribution < -0.4 is 5.32 Å². The molecule has 0 spiro atoms. The Bertz CT molecular complexity index is 607. The molecule has 0 aliphatic carbocycles. The van der Waals surface area contributed by atoms with Gasteiger partial charge in [-0.15, -0.1) is 0 Å². The fourth-order valence-electron chi connectivity index (χ4n) is 1.67. The standard InChI is InChI=1S/C12H16BrClN2O3S/c1-8(12(17)15-2)7-16(3)20(18,19)11-5-4-9(13)6-10(11)14/h4-6,8H,7H2,1-3H3,(H,15,17). The van der Waals surface area contributed by atoms with Crippen molar-refractivity contribution in [2.24, 2.45) is 5.92 Å². The molecule has 112 valence electrons. The Labute approximate surface area is 132 Å². The van der Waals surface area contributed by atoms with Crippen LogP contribution in [0.1, 0.15) is 6.92 Å². The molecule has 8 heteroatoms. The van der Waals surface area contributed by atoms with Crippen molar-refractivity contribution in [1.82, 2.24) is 9.62 Å². The summed E-state index contributed by atoms with van der Waals surface area (Å²) in [6, 6.07) is 4.56. The van der Waals surface area contributed by atoms with Crippen molar-refractivity contribution in [2.75, 3.05) is 20.6 Å². The van der Waals surface area contributed by atoms with Crippen molar-refractivity contribution in [2.45, 2.75) is 11.8 Å². The molecule has 0 heterocycles. The molecule has 0 aliphatic heterocycles. The number of nitrogens with one attached hydrogen (secondary N) is 1. The number of halogens is 2. The number of rotatable bonds is 5. The molecule has 1 N–H and O–H groups in total. The van der Waals surface area contributed by atoms with Crippen LogP contribution in [-0.2, 0) is 14.8 Å². The highest BCUT2D eigenvalue weighted by molar-refractivity contribution is 9.10. The van der Waals surface area contributed by atoms with Crippen molar-refractivity contribution < 1.29 is 13.2 Å². The van der Waals surface area contributed by atoms with E-state index in [0.717, 1.165) is 4.31 Å². The predicted octanol–water partition coefficient (Wildman–Crippen LogP) is 2.11. The zero-order valence-electron chi connectivity index (χ0n) is 11.4. The van der Waals surface area contributed by atoms with Crippen LogP contribution >= 0.6 is 27.5 Å². The van der Waals surface area contributed by atoms with Crippen LogP contribution in [0.15, 0.2) is 27.6 Å². The second-order valence-corrected chi connectivity index (χ2v) is 7.71. The molecule has 20 heavy (non-hydrogen) atoms. The third-order valence-electron chi connectivity index (χ3n) is 2.81. The van der Waals surface area contributed by atoms with Gasteiger partial charge in [-0.05, 0) is 18.2 Å². The van der Waals surface area contributed by atoms with E-state index in [0.29, 0.717) is 4.47 Å². The Morgan fingerprint density at radius 2 is 2.10 bits per heavy atom. The zero-order chi connectivity index (χ0) is 15.5. The Hall–Kier alpha value is -0.630. The Morgan fingerprint density at radius 1 is 1.50 bits per heavy atom. The summed E-state index contributed by atoms with van der Waals surface area (Å²) in [7, 11) is -0.786. The molecule has 1 unspecified atom stereocenters. The fraction of sp³-hybridized carbons (Fsp3) is 0.417. The van der Waals surface area contributed by atoms with Crippen LogP contribution in [0.3, 0.4) is 0 Å². The Morgan fingerprint density at radius 3 is 2.60 bits per heavy atom. The van der Waals surface area contributed by atoms with Crippen molar-refractivity contribution >= 4 is 43.5 Å². The highest BCUT2D eigenvalue weighted by Gasteiger charge is 2.26. The van der Waals surface area contributed by atoms with Gasteiger partial charge >= 0.3 is 0 Å². The lowest BCUT2D eigenvalue weighted by Crippen LogP contribution is -2.37. The number of sulfonamides is 1. The van der Waals surface area contributed by atoms with E-state index in [1.54, 1.807) is 13.0 Å². The highest BCUT2D eigenvalue weighted by atomic mass is 79.9. The van der Waals surface area contributed by atoms with Gasteiger partial charge in [-0.25, -0.2) is 12.7 Å². The van der Waals surface area contributed by atoms with E-state index in [9.17, 15) is 13.2 Å². The molecule has 0 bridgehead atoms. The van der Waals surface area contributed by atoms with Gasteiger partial charge in [-0.1, -0.05) is 34.5 Å². The summed E-state index contributed by atoms with van der Waals surface area (Å²) in [5.41, 5.74) is 0. The van der Waals surface area contributed by atoms with E-state index in [1.807, 2.05) is 0 Å². The number of carbonyl (C=O) groups is 1. The fourth-order valence-corrected chi connectivity index (χ4v) is 3.93. The number of nitrogens with zero attached hydrogens (tertiary/aromatic N) is 1. The highest BCUT2D eigenvalue weighted by Crippen LogP contribution is 2.27. The molecule has 0 fully saturated rings. The maximum absolute atomic E-state index is 12.4. The van der Waals surface area contributed by atoms with Crippen LogP contribution in [-0.4, -0.2) is 39.3 Å². The monoisotopic (exact) mass is 382 g/mol. The van der Waals surface area contributed by atoms with Gasteiger partial charge in [0.05, 0.1) is 5.02 Å². The Balaban J connectivity index is 3.01. The number of hydrogen-bond donors (Lipinski definition) is 1. The first-order chi connectivity index (χ1) is 9.20. The molecule has 1 rings (SSSR count). The van der Waals surface area contributed by atoms with E-state index in [2.05, 4.69) is 21.2 Å². The van der Waals surface area contributed by atoms with Crippen LogP contribution in [0.5, 0.6) is 0 Å². The van der Waals surface area contributed by atoms with Gasteiger partial charge in [-0.3, -0.25) is 4.79 Å². The minimum absolute atomic E-state index is 0.0222. The quantitative estimate of drug-likeness (QED) is 0.847. The molecule has 1 aromatic carbocycles.